The maximum atomic E-state index is 6.43. The third kappa shape index (κ3) is 4.99. The molecule has 1 aromatic rings. The molecule has 1 aromatic carbocycles. The molecule has 0 heterocycles. The largest absolute Gasteiger partial charge is 0.372 e. The molecular formula is C17H29ClN2. The van der Waals surface area contributed by atoms with Crippen LogP contribution in [0.1, 0.15) is 53.0 Å². The number of hydrogen-bond donors (Lipinski definition) is 1. The van der Waals surface area contributed by atoms with Crippen molar-refractivity contribution in [3.8, 4) is 0 Å². The second kappa shape index (κ2) is 7.33. The molecule has 0 aliphatic rings. The Morgan fingerprint density at radius 2 is 1.80 bits per heavy atom. The van der Waals surface area contributed by atoms with Gasteiger partial charge in [-0.15, -0.1) is 0 Å². The lowest BCUT2D eigenvalue weighted by molar-refractivity contribution is 0.424. The zero-order chi connectivity index (χ0) is 15.3. The van der Waals surface area contributed by atoms with E-state index in [-0.39, 0.29) is 5.54 Å². The van der Waals surface area contributed by atoms with Crippen molar-refractivity contribution in [1.82, 2.24) is 5.32 Å². The number of nitrogens with one attached hydrogen (secondary N) is 1. The Hall–Kier alpha value is -0.730. The summed E-state index contributed by atoms with van der Waals surface area (Å²) in [6.45, 7) is 11.8. The number of anilines is 1. The smallest absolute Gasteiger partial charge is 0.0471 e. The van der Waals surface area contributed by atoms with Crippen LogP contribution in [0.3, 0.4) is 0 Å². The first-order valence-corrected chi connectivity index (χ1v) is 7.92. The van der Waals surface area contributed by atoms with Crippen LogP contribution in [0.25, 0.3) is 0 Å². The van der Waals surface area contributed by atoms with Crippen molar-refractivity contribution in [3.05, 3.63) is 28.8 Å². The first kappa shape index (κ1) is 17.3. The zero-order valence-corrected chi connectivity index (χ0v) is 14.5. The minimum atomic E-state index is 0.105. The van der Waals surface area contributed by atoms with Crippen molar-refractivity contribution >= 4 is 17.3 Å². The van der Waals surface area contributed by atoms with Crippen molar-refractivity contribution in [3.63, 3.8) is 0 Å². The number of rotatable bonds is 6. The Bertz CT molecular complexity index is 419. The molecule has 0 bridgehead atoms. The fourth-order valence-corrected chi connectivity index (χ4v) is 2.55. The van der Waals surface area contributed by atoms with E-state index in [1.165, 1.54) is 5.69 Å². The SMILES string of the molecule is CCC(CC)N(C)c1ccc(CNC(C)(C)C)c(Cl)c1. The molecule has 0 spiro atoms. The lowest BCUT2D eigenvalue weighted by Crippen LogP contribution is -2.35. The van der Waals surface area contributed by atoms with Crippen LogP contribution in [0.4, 0.5) is 5.69 Å². The highest BCUT2D eigenvalue weighted by molar-refractivity contribution is 6.31. The molecule has 0 unspecified atom stereocenters. The van der Waals surface area contributed by atoms with Gasteiger partial charge < -0.3 is 10.2 Å². The second-order valence-corrected chi connectivity index (χ2v) is 6.87. The molecule has 114 valence electrons. The molecule has 20 heavy (non-hydrogen) atoms. The van der Waals surface area contributed by atoms with E-state index < -0.39 is 0 Å². The van der Waals surface area contributed by atoms with E-state index in [2.05, 4.69) is 70.1 Å². The lowest BCUT2D eigenvalue weighted by atomic mass is 10.1. The van der Waals surface area contributed by atoms with E-state index in [0.717, 1.165) is 30.0 Å². The summed E-state index contributed by atoms with van der Waals surface area (Å²) in [6.07, 6.45) is 2.30. The van der Waals surface area contributed by atoms with Crippen molar-refractivity contribution in [2.75, 3.05) is 11.9 Å². The average Bonchev–Trinajstić information content (AvgIpc) is 2.37. The van der Waals surface area contributed by atoms with Crippen LogP contribution in [0, 0.1) is 0 Å². The molecule has 1 N–H and O–H groups in total. The van der Waals surface area contributed by atoms with Gasteiger partial charge in [-0.1, -0.05) is 31.5 Å². The molecule has 3 heteroatoms. The van der Waals surface area contributed by atoms with E-state index >= 15 is 0 Å². The Labute approximate surface area is 129 Å². The topological polar surface area (TPSA) is 15.3 Å². The van der Waals surface area contributed by atoms with Gasteiger partial charge in [-0.3, -0.25) is 0 Å². The predicted octanol–water partition coefficient (Wildman–Crippen LogP) is 4.85. The van der Waals surface area contributed by atoms with Crippen LogP contribution < -0.4 is 10.2 Å². The first-order valence-electron chi connectivity index (χ1n) is 7.54. The van der Waals surface area contributed by atoms with Crippen molar-refractivity contribution in [1.29, 1.82) is 0 Å². The number of benzene rings is 1. The molecular weight excluding hydrogens is 268 g/mol. The number of nitrogens with zero attached hydrogens (tertiary/aromatic N) is 1. The van der Waals surface area contributed by atoms with Crippen LogP contribution in [0.2, 0.25) is 5.02 Å². The molecule has 0 aliphatic heterocycles. The summed E-state index contributed by atoms with van der Waals surface area (Å²) in [5.41, 5.74) is 2.46. The highest BCUT2D eigenvalue weighted by Gasteiger charge is 2.14. The summed E-state index contributed by atoms with van der Waals surface area (Å²) >= 11 is 6.43. The molecule has 0 radical (unpaired) electrons. The van der Waals surface area contributed by atoms with E-state index in [9.17, 15) is 0 Å². The third-order valence-electron chi connectivity index (χ3n) is 3.74. The van der Waals surface area contributed by atoms with Crippen LogP contribution >= 0.6 is 11.6 Å². The van der Waals surface area contributed by atoms with Gasteiger partial charge in [0.2, 0.25) is 0 Å². The van der Waals surface area contributed by atoms with Gasteiger partial charge in [0.25, 0.3) is 0 Å². The summed E-state index contributed by atoms with van der Waals surface area (Å²) in [6, 6.07) is 6.96. The average molecular weight is 297 g/mol. The van der Waals surface area contributed by atoms with Gasteiger partial charge in [-0.2, -0.15) is 0 Å². The van der Waals surface area contributed by atoms with E-state index in [1.54, 1.807) is 0 Å². The molecule has 1 rings (SSSR count). The standard InChI is InChI=1S/C17H29ClN2/c1-7-14(8-2)20(6)15-10-9-13(16(18)11-15)12-19-17(3,4)5/h9-11,14,19H,7-8,12H2,1-6H3. The Morgan fingerprint density at radius 1 is 1.20 bits per heavy atom. The van der Waals surface area contributed by atoms with Gasteiger partial charge in [-0.25, -0.2) is 0 Å². The number of hydrogen-bond acceptors (Lipinski definition) is 2. The molecule has 0 atom stereocenters. The van der Waals surface area contributed by atoms with Gasteiger partial charge in [-0.05, 0) is 51.3 Å². The second-order valence-electron chi connectivity index (χ2n) is 6.46. The van der Waals surface area contributed by atoms with Gasteiger partial charge in [0, 0.05) is 35.9 Å². The van der Waals surface area contributed by atoms with Gasteiger partial charge in [0.05, 0.1) is 0 Å². The minimum absolute atomic E-state index is 0.105. The Kier molecular flexibility index (Phi) is 6.35. The molecule has 0 fully saturated rings. The summed E-state index contributed by atoms with van der Waals surface area (Å²) < 4.78 is 0. The normalized spacial score (nSPS) is 12.0. The monoisotopic (exact) mass is 296 g/mol. The highest BCUT2D eigenvalue weighted by Crippen LogP contribution is 2.26. The maximum absolute atomic E-state index is 6.43. The van der Waals surface area contributed by atoms with Gasteiger partial charge >= 0.3 is 0 Å². The third-order valence-corrected chi connectivity index (χ3v) is 4.10. The fraction of sp³-hybridized carbons (Fsp3) is 0.647. The van der Waals surface area contributed by atoms with Crippen LogP contribution in [0.15, 0.2) is 18.2 Å². The molecule has 0 amide bonds. The Morgan fingerprint density at radius 3 is 2.25 bits per heavy atom. The molecule has 0 aliphatic carbocycles. The quantitative estimate of drug-likeness (QED) is 0.807. The summed E-state index contributed by atoms with van der Waals surface area (Å²) in [4.78, 5) is 2.33. The van der Waals surface area contributed by atoms with E-state index in [1.807, 2.05) is 0 Å². The van der Waals surface area contributed by atoms with Crippen LogP contribution in [-0.4, -0.2) is 18.6 Å². The molecule has 0 saturated heterocycles. The predicted molar refractivity (Wildman–Crippen MR) is 90.8 cm³/mol. The van der Waals surface area contributed by atoms with Crippen LogP contribution in [0.5, 0.6) is 0 Å². The summed E-state index contributed by atoms with van der Waals surface area (Å²) in [5, 5.41) is 4.32. The molecule has 2 nitrogen and oxygen atoms in total. The summed E-state index contributed by atoms with van der Waals surface area (Å²) in [7, 11) is 2.15. The Balaban J connectivity index is 2.82. The minimum Gasteiger partial charge on any atom is -0.372 e. The maximum Gasteiger partial charge on any atom is 0.0471 e. The van der Waals surface area contributed by atoms with Crippen LogP contribution in [-0.2, 0) is 6.54 Å². The van der Waals surface area contributed by atoms with E-state index in [4.69, 9.17) is 11.6 Å². The van der Waals surface area contributed by atoms with Gasteiger partial charge in [0.15, 0.2) is 0 Å². The van der Waals surface area contributed by atoms with Crippen molar-refractivity contribution < 1.29 is 0 Å². The highest BCUT2D eigenvalue weighted by atomic mass is 35.5. The zero-order valence-electron chi connectivity index (χ0n) is 13.8. The van der Waals surface area contributed by atoms with E-state index in [0.29, 0.717) is 6.04 Å². The van der Waals surface area contributed by atoms with Gasteiger partial charge in [0.1, 0.15) is 0 Å². The molecule has 0 saturated carbocycles. The van der Waals surface area contributed by atoms with Crippen molar-refractivity contribution in [2.24, 2.45) is 0 Å². The number of halogens is 1. The van der Waals surface area contributed by atoms with Crippen molar-refractivity contribution in [2.45, 2.75) is 65.6 Å². The molecule has 0 aromatic heterocycles. The summed E-state index contributed by atoms with van der Waals surface area (Å²) in [5.74, 6) is 0. The fourth-order valence-electron chi connectivity index (χ4n) is 2.31. The first-order chi connectivity index (χ1) is 9.28. The lowest BCUT2D eigenvalue weighted by Gasteiger charge is -2.29.